The zero-order valence-electron chi connectivity index (χ0n) is 33.5. The van der Waals surface area contributed by atoms with E-state index in [0.717, 1.165) is 23.0 Å². The first-order valence-electron chi connectivity index (χ1n) is 20.0. The number of nitrogens with zero attached hydrogens (tertiary/aromatic N) is 5. The fourth-order valence-electron chi connectivity index (χ4n) is 8.93. The smallest absolute Gasteiger partial charge is 0.332 e. The van der Waals surface area contributed by atoms with Crippen molar-refractivity contribution in [1.29, 1.82) is 0 Å². The maximum Gasteiger partial charge on any atom is 0.332 e. The summed E-state index contributed by atoms with van der Waals surface area (Å²) in [5.41, 5.74) is 0.867. The van der Waals surface area contributed by atoms with E-state index in [1.807, 2.05) is 19.1 Å². The lowest BCUT2D eigenvalue weighted by atomic mass is 9.94. The van der Waals surface area contributed by atoms with Crippen LogP contribution in [0, 0.1) is 19.7 Å². The number of carbonyl (C=O) groups excluding carboxylic acids is 1. The first-order valence-corrected chi connectivity index (χ1v) is 22.7. The molecule has 3 aromatic carbocycles. The first-order chi connectivity index (χ1) is 27.9. The molecule has 0 spiro atoms. The quantitative estimate of drug-likeness (QED) is 0.153. The Morgan fingerprint density at radius 2 is 1.50 bits per heavy atom. The third kappa shape index (κ3) is 7.20. The molecule has 0 bridgehead atoms. The molecule has 4 heterocycles. The highest BCUT2D eigenvalue weighted by Gasteiger charge is 2.51. The number of amides is 1. The van der Waals surface area contributed by atoms with E-state index in [4.69, 9.17) is 9.16 Å². The van der Waals surface area contributed by atoms with Crippen LogP contribution in [0.2, 0.25) is 5.04 Å². The third-order valence-electron chi connectivity index (χ3n) is 11.8. The number of aromatic nitrogens is 5. The van der Waals surface area contributed by atoms with Crippen molar-refractivity contribution in [1.82, 2.24) is 29.4 Å². The van der Waals surface area contributed by atoms with E-state index in [0.29, 0.717) is 52.2 Å². The van der Waals surface area contributed by atoms with Crippen LogP contribution in [0.5, 0.6) is 0 Å². The minimum absolute atomic E-state index is 0.00714. The molecule has 8 rings (SSSR count). The maximum absolute atomic E-state index is 15.1. The summed E-state index contributed by atoms with van der Waals surface area (Å²) in [6, 6.07) is 24.9. The van der Waals surface area contributed by atoms with E-state index in [1.165, 1.54) is 43.2 Å². The van der Waals surface area contributed by atoms with Crippen LogP contribution in [0.3, 0.4) is 0 Å². The van der Waals surface area contributed by atoms with Crippen LogP contribution in [-0.2, 0) is 20.5 Å². The van der Waals surface area contributed by atoms with Crippen LogP contribution in [0.25, 0.3) is 15.2 Å². The van der Waals surface area contributed by atoms with Crippen LogP contribution in [0.15, 0.2) is 101 Å². The Morgan fingerprint density at radius 3 is 2.09 bits per heavy atom. The molecule has 1 saturated heterocycles. The molecular formula is C44H49FN6O5SSi. The van der Waals surface area contributed by atoms with Gasteiger partial charge in [0.1, 0.15) is 27.8 Å². The van der Waals surface area contributed by atoms with E-state index in [9.17, 15) is 14.4 Å². The molecule has 2 aliphatic rings. The van der Waals surface area contributed by atoms with Crippen molar-refractivity contribution in [2.24, 2.45) is 0 Å². The monoisotopic (exact) mass is 820 g/mol. The lowest BCUT2D eigenvalue weighted by molar-refractivity contribution is -0.122. The summed E-state index contributed by atoms with van der Waals surface area (Å²) < 4.78 is 32.2. The van der Waals surface area contributed by atoms with Gasteiger partial charge in [0.05, 0.1) is 30.4 Å². The highest BCUT2D eigenvalue weighted by atomic mass is 32.1. The number of rotatable bonds is 11. The second-order valence-electron chi connectivity index (χ2n) is 16.5. The normalized spacial score (nSPS) is 19.4. The Labute approximate surface area is 341 Å². The number of thiophene rings is 1. The van der Waals surface area contributed by atoms with Gasteiger partial charge in [0, 0.05) is 18.2 Å². The van der Waals surface area contributed by atoms with Gasteiger partial charge in [-0.05, 0) is 84.6 Å². The van der Waals surface area contributed by atoms with Gasteiger partial charge in [0.2, 0.25) is 5.91 Å². The largest absolute Gasteiger partial charge is 0.404 e. The fraction of sp³-hybridized carbons (Fsp3) is 0.386. The van der Waals surface area contributed by atoms with Crippen molar-refractivity contribution in [3.05, 3.63) is 135 Å². The highest BCUT2D eigenvalue weighted by Crippen LogP contribution is 2.40. The number of aryl methyl sites for hydroxylation is 2. The van der Waals surface area contributed by atoms with Gasteiger partial charge in [-0.1, -0.05) is 98.8 Å². The van der Waals surface area contributed by atoms with Crippen LogP contribution in [0.4, 0.5) is 4.39 Å². The molecular weight excluding hydrogens is 772 g/mol. The topological polar surface area (TPSA) is 122 Å². The standard InChI is InChI=1S/C44H49FN6O5SSi/c1-28-16-17-30(45)26-35(28)37(27-49-42-38(29(2)41(57-42)51-47-24-25-48-51)40(53)50(43(49)54)36-22-23-46-39(36)52)55-31-18-20-32(21-19-31)56-58(44(3,4)5,33-12-8-6-9-13-33)34-14-10-7-11-15-34/h6-17,24-26,31-32,36-37H,18-23,27H2,1-5H3,(H,46,52)/t31-,32+,36-,37-/m0/s1. The molecule has 1 saturated carbocycles. The average Bonchev–Trinajstić information content (AvgIpc) is 3.98. The average molecular weight is 821 g/mol. The SMILES string of the molecule is Cc1ccc(F)cc1[C@H](Cn1c(=O)n([C@H]2CCNC2=O)c(=O)c2c(C)c(-n3nccn3)sc21)O[C@H]1CC[C@@H](O[Si](c2ccccc2)(c2ccccc2)C(C)(C)C)CC1. The van der Waals surface area contributed by atoms with Crippen molar-refractivity contribution >= 4 is 46.2 Å². The summed E-state index contributed by atoms with van der Waals surface area (Å²) >= 11 is 1.23. The fourth-order valence-corrected chi connectivity index (χ4v) is 14.9. The van der Waals surface area contributed by atoms with Crippen molar-refractivity contribution in [3.63, 3.8) is 0 Å². The summed E-state index contributed by atoms with van der Waals surface area (Å²) in [7, 11) is -2.78. The van der Waals surface area contributed by atoms with Crippen LogP contribution in [-0.4, -0.2) is 57.1 Å². The molecule has 1 aliphatic heterocycles. The lowest BCUT2D eigenvalue weighted by Gasteiger charge is -2.46. The number of halogens is 1. The molecule has 1 aliphatic carbocycles. The van der Waals surface area contributed by atoms with Crippen molar-refractivity contribution in [2.45, 2.75) is 103 Å². The van der Waals surface area contributed by atoms with E-state index >= 15 is 4.39 Å². The van der Waals surface area contributed by atoms with E-state index in [-0.39, 0.29) is 29.7 Å². The molecule has 2 fully saturated rings. The molecule has 1 amide bonds. The molecule has 2 atom stereocenters. The summed E-state index contributed by atoms with van der Waals surface area (Å²) in [5, 5.41) is 14.6. The zero-order chi connectivity index (χ0) is 40.8. The van der Waals surface area contributed by atoms with Gasteiger partial charge >= 0.3 is 5.69 Å². The third-order valence-corrected chi connectivity index (χ3v) is 18.2. The molecule has 302 valence electrons. The number of carbonyl (C=O) groups is 1. The number of ether oxygens (including phenoxy) is 1. The van der Waals surface area contributed by atoms with Gasteiger partial charge in [-0.15, -0.1) is 4.80 Å². The number of hydrogen-bond donors (Lipinski definition) is 1. The van der Waals surface area contributed by atoms with Crippen molar-refractivity contribution in [2.75, 3.05) is 6.54 Å². The Morgan fingerprint density at radius 1 is 0.879 bits per heavy atom. The lowest BCUT2D eigenvalue weighted by Crippen LogP contribution is -2.67. The molecule has 11 nitrogen and oxygen atoms in total. The van der Waals surface area contributed by atoms with Gasteiger partial charge in [0.25, 0.3) is 13.9 Å². The van der Waals surface area contributed by atoms with Crippen LogP contribution >= 0.6 is 11.3 Å². The maximum atomic E-state index is 15.1. The Kier molecular flexibility index (Phi) is 11.0. The van der Waals surface area contributed by atoms with Crippen LogP contribution < -0.4 is 26.9 Å². The minimum atomic E-state index is -2.78. The van der Waals surface area contributed by atoms with E-state index in [2.05, 4.69) is 84.8 Å². The van der Waals surface area contributed by atoms with Gasteiger partial charge in [0.15, 0.2) is 0 Å². The minimum Gasteiger partial charge on any atom is -0.404 e. The summed E-state index contributed by atoms with van der Waals surface area (Å²) in [6.45, 7) is 10.9. The molecule has 0 unspecified atom stereocenters. The number of fused-ring (bicyclic) bond motifs is 1. The molecule has 14 heteroatoms. The highest BCUT2D eigenvalue weighted by molar-refractivity contribution is 7.21. The van der Waals surface area contributed by atoms with Crippen molar-refractivity contribution in [3.8, 4) is 5.00 Å². The number of hydrogen-bond acceptors (Lipinski definition) is 8. The van der Waals surface area contributed by atoms with Gasteiger partial charge in [-0.25, -0.2) is 13.8 Å². The van der Waals surface area contributed by atoms with Gasteiger partial charge < -0.3 is 14.5 Å². The molecule has 6 aromatic rings. The number of benzene rings is 3. The van der Waals surface area contributed by atoms with Gasteiger partial charge in [-0.2, -0.15) is 10.2 Å². The summed E-state index contributed by atoms with van der Waals surface area (Å²) in [5.74, 6) is -0.793. The Bertz CT molecular complexity index is 2500. The zero-order valence-corrected chi connectivity index (χ0v) is 35.3. The second-order valence-corrected chi connectivity index (χ2v) is 21.7. The van der Waals surface area contributed by atoms with E-state index < -0.39 is 37.5 Å². The second kappa shape index (κ2) is 16.0. The van der Waals surface area contributed by atoms with Crippen molar-refractivity contribution < 1.29 is 18.3 Å². The van der Waals surface area contributed by atoms with E-state index in [1.54, 1.807) is 25.4 Å². The van der Waals surface area contributed by atoms with Crippen LogP contribution in [0.1, 0.15) is 81.7 Å². The van der Waals surface area contributed by atoms with Gasteiger partial charge in [-0.3, -0.25) is 14.2 Å². The number of nitrogens with one attached hydrogen (secondary N) is 1. The summed E-state index contributed by atoms with van der Waals surface area (Å²) in [6.07, 6.45) is 5.35. The molecule has 3 aromatic heterocycles. The first kappa shape index (κ1) is 39.8. The molecule has 58 heavy (non-hydrogen) atoms. The predicted molar refractivity (Wildman–Crippen MR) is 226 cm³/mol. The molecule has 0 radical (unpaired) electrons. The summed E-state index contributed by atoms with van der Waals surface area (Å²) in [4.78, 5) is 43.7. The Hall–Kier alpha value is -5.02. The predicted octanol–water partition coefficient (Wildman–Crippen LogP) is 6.27. The molecule has 1 N–H and O–H groups in total. The Balaban J connectivity index is 1.14.